The molecule has 158 valence electrons. The summed E-state index contributed by atoms with van der Waals surface area (Å²) in [6.45, 7) is 0. The van der Waals surface area contributed by atoms with Crippen molar-refractivity contribution in [3.63, 3.8) is 0 Å². The van der Waals surface area contributed by atoms with Gasteiger partial charge in [0.2, 0.25) is 0 Å². The largest absolute Gasteiger partial charge is 0.507 e. The summed E-state index contributed by atoms with van der Waals surface area (Å²) in [5.74, 6) is -0.675. The van der Waals surface area contributed by atoms with E-state index < -0.39 is 41.5 Å². The molecule has 0 aromatic heterocycles. The number of aromatic hydroxyl groups is 1. The van der Waals surface area contributed by atoms with Crippen molar-refractivity contribution < 1.29 is 31.0 Å². The van der Waals surface area contributed by atoms with Crippen LogP contribution in [0.4, 0.5) is 22.7 Å². The number of hydrogen-bond acceptors (Lipinski definition) is 10. The van der Waals surface area contributed by atoms with Crippen LogP contribution in [-0.2, 0) is 20.2 Å². The highest BCUT2D eigenvalue weighted by molar-refractivity contribution is 7.86. The predicted octanol–water partition coefficient (Wildman–Crippen LogP) is 2.91. The molecule has 0 spiro atoms. The van der Waals surface area contributed by atoms with Gasteiger partial charge in [0.1, 0.15) is 16.3 Å². The van der Waals surface area contributed by atoms with E-state index in [2.05, 4.69) is 22.9 Å². The average molecular weight is 471 g/mol. The van der Waals surface area contributed by atoms with E-state index in [1.807, 2.05) is 0 Å². The monoisotopic (exact) mass is 470 g/mol. The summed E-state index contributed by atoms with van der Waals surface area (Å²) >= 11 is 4.20. The number of nitrogens with two attached hydrogens (primary N) is 2. The van der Waals surface area contributed by atoms with Crippen molar-refractivity contribution in [1.82, 2.24) is 0 Å². The zero-order valence-electron chi connectivity index (χ0n) is 14.8. The van der Waals surface area contributed by atoms with Crippen LogP contribution in [0.25, 0.3) is 10.8 Å². The molecule has 0 fully saturated rings. The quantitative estimate of drug-likeness (QED) is 0.143. The zero-order chi connectivity index (χ0) is 22.4. The fourth-order valence-electron chi connectivity index (χ4n) is 2.66. The molecule has 0 heterocycles. The highest BCUT2D eigenvalue weighted by Gasteiger charge is 2.23. The number of phenols is 1. The van der Waals surface area contributed by atoms with Gasteiger partial charge in [-0.3, -0.25) is 9.11 Å². The number of anilines is 2. The van der Waals surface area contributed by atoms with Crippen LogP contribution in [0.3, 0.4) is 0 Å². The maximum atomic E-state index is 11.7. The summed E-state index contributed by atoms with van der Waals surface area (Å²) in [5.41, 5.74) is 11.2. The molecular formula is C16H14N4O7S3. The highest BCUT2D eigenvalue weighted by atomic mass is 32.2. The fourth-order valence-corrected chi connectivity index (χ4v) is 4.11. The number of thiol groups is 1. The number of rotatable bonds is 4. The second-order valence-electron chi connectivity index (χ2n) is 6.08. The van der Waals surface area contributed by atoms with E-state index in [0.717, 1.165) is 18.2 Å². The molecule has 3 aromatic carbocycles. The summed E-state index contributed by atoms with van der Waals surface area (Å²) in [6, 6.07) is 6.92. The molecule has 30 heavy (non-hydrogen) atoms. The molecular weight excluding hydrogens is 456 g/mol. The molecule has 0 saturated carbocycles. The first-order valence-electron chi connectivity index (χ1n) is 7.83. The van der Waals surface area contributed by atoms with E-state index in [0.29, 0.717) is 10.6 Å². The molecule has 0 radical (unpaired) electrons. The number of benzene rings is 3. The van der Waals surface area contributed by atoms with Gasteiger partial charge in [-0.1, -0.05) is 0 Å². The number of nitrogen functional groups attached to an aromatic ring is 2. The van der Waals surface area contributed by atoms with Crippen molar-refractivity contribution in [1.29, 1.82) is 0 Å². The standard InChI is InChI=1S/C16H14N4O7S3/c17-8-1-2-10(12(28)5-8)19-20-16-14-7(4-13(15(16)18)30(25,26)27)3-9(6-11(14)21)29(22,23)24/h1-6,21,28H,17-18H2,(H,22,23,24)(H,25,26,27). The minimum absolute atomic E-state index is 0.160. The number of fused-ring (bicyclic) bond motifs is 1. The molecule has 0 atom stereocenters. The van der Waals surface area contributed by atoms with E-state index in [-0.39, 0.29) is 22.1 Å². The van der Waals surface area contributed by atoms with Crippen LogP contribution < -0.4 is 11.5 Å². The maximum Gasteiger partial charge on any atom is 0.296 e. The third-order valence-electron chi connectivity index (χ3n) is 4.00. The van der Waals surface area contributed by atoms with Crippen LogP contribution in [0, 0.1) is 0 Å². The first-order valence-corrected chi connectivity index (χ1v) is 11.2. The van der Waals surface area contributed by atoms with Crippen molar-refractivity contribution in [2.24, 2.45) is 10.2 Å². The van der Waals surface area contributed by atoms with Crippen molar-refractivity contribution in [2.75, 3.05) is 11.5 Å². The lowest BCUT2D eigenvalue weighted by atomic mass is 10.1. The van der Waals surface area contributed by atoms with E-state index in [1.165, 1.54) is 18.2 Å². The summed E-state index contributed by atoms with van der Waals surface area (Å²) in [7, 11) is -9.59. The minimum atomic E-state index is -4.86. The van der Waals surface area contributed by atoms with Gasteiger partial charge in [0, 0.05) is 16.6 Å². The summed E-state index contributed by atoms with van der Waals surface area (Å²) < 4.78 is 65.0. The van der Waals surface area contributed by atoms with Crippen molar-refractivity contribution in [3.05, 3.63) is 36.4 Å². The fraction of sp³-hybridized carbons (Fsp3) is 0. The molecule has 0 amide bonds. The summed E-state index contributed by atoms with van der Waals surface area (Å²) in [4.78, 5) is -1.16. The lowest BCUT2D eigenvalue weighted by Gasteiger charge is -2.12. The molecule has 0 aliphatic heterocycles. The van der Waals surface area contributed by atoms with Crippen molar-refractivity contribution >= 4 is 66.4 Å². The maximum absolute atomic E-state index is 11.7. The highest BCUT2D eigenvalue weighted by Crippen LogP contribution is 2.43. The van der Waals surface area contributed by atoms with Crippen LogP contribution in [0.2, 0.25) is 0 Å². The molecule has 7 N–H and O–H groups in total. The number of azo groups is 1. The summed E-state index contributed by atoms with van der Waals surface area (Å²) in [5, 5.41) is 17.8. The van der Waals surface area contributed by atoms with E-state index >= 15 is 0 Å². The average Bonchev–Trinajstić information content (AvgIpc) is 2.60. The van der Waals surface area contributed by atoms with Gasteiger partial charge in [0.05, 0.1) is 21.7 Å². The molecule has 3 rings (SSSR count). The van der Waals surface area contributed by atoms with Gasteiger partial charge in [0.25, 0.3) is 20.2 Å². The number of phenolic OH excluding ortho intramolecular Hbond substituents is 1. The second kappa shape index (κ2) is 7.41. The number of hydrogen-bond donors (Lipinski definition) is 6. The predicted molar refractivity (Wildman–Crippen MR) is 112 cm³/mol. The molecule has 0 saturated heterocycles. The number of nitrogens with zero attached hydrogens (tertiary/aromatic N) is 2. The topological polar surface area (TPSA) is 206 Å². The SMILES string of the molecule is Nc1ccc(N=Nc2c(N)c(S(=O)(=O)O)cc3cc(S(=O)(=O)O)cc(O)c23)c(S)c1. The van der Waals surface area contributed by atoms with Crippen molar-refractivity contribution in [3.8, 4) is 5.75 Å². The molecule has 3 aromatic rings. The zero-order valence-corrected chi connectivity index (χ0v) is 17.3. The van der Waals surface area contributed by atoms with E-state index in [9.17, 15) is 31.0 Å². The van der Waals surface area contributed by atoms with Crippen LogP contribution in [-0.4, -0.2) is 31.0 Å². The van der Waals surface area contributed by atoms with Gasteiger partial charge in [0.15, 0.2) is 0 Å². The lowest BCUT2D eigenvalue weighted by Crippen LogP contribution is -2.04. The van der Waals surface area contributed by atoms with Crippen molar-refractivity contribution in [2.45, 2.75) is 14.7 Å². The summed E-state index contributed by atoms with van der Waals surface area (Å²) in [6.07, 6.45) is 0. The Hall–Kier alpha value is -2.91. The first-order chi connectivity index (χ1) is 13.8. The minimum Gasteiger partial charge on any atom is -0.507 e. The Kier molecular flexibility index (Phi) is 5.38. The van der Waals surface area contributed by atoms with Crippen LogP contribution in [0.15, 0.2) is 61.3 Å². The molecule has 11 nitrogen and oxygen atoms in total. The third-order valence-corrected chi connectivity index (χ3v) is 6.08. The van der Waals surface area contributed by atoms with Gasteiger partial charge in [-0.2, -0.15) is 16.8 Å². The van der Waals surface area contributed by atoms with Gasteiger partial charge < -0.3 is 16.6 Å². The van der Waals surface area contributed by atoms with Crippen LogP contribution in [0.5, 0.6) is 5.75 Å². The molecule has 0 aliphatic rings. The van der Waals surface area contributed by atoms with Gasteiger partial charge >= 0.3 is 0 Å². The molecule has 0 aliphatic carbocycles. The van der Waals surface area contributed by atoms with Gasteiger partial charge in [-0.25, -0.2) is 0 Å². The van der Waals surface area contributed by atoms with Gasteiger partial charge in [-0.15, -0.1) is 22.9 Å². The third kappa shape index (κ3) is 4.17. The van der Waals surface area contributed by atoms with Crippen LogP contribution >= 0.6 is 12.6 Å². The smallest absolute Gasteiger partial charge is 0.296 e. The molecule has 14 heteroatoms. The Morgan fingerprint density at radius 2 is 1.57 bits per heavy atom. The first kappa shape index (κ1) is 21.8. The Balaban J connectivity index is 2.38. The molecule has 0 unspecified atom stereocenters. The Bertz CT molecular complexity index is 1440. The normalized spacial score (nSPS) is 12.6. The second-order valence-corrected chi connectivity index (χ2v) is 9.37. The Morgan fingerprint density at radius 1 is 0.900 bits per heavy atom. The Morgan fingerprint density at radius 3 is 2.13 bits per heavy atom. The van der Waals surface area contributed by atoms with Crippen LogP contribution in [0.1, 0.15) is 0 Å². The lowest BCUT2D eigenvalue weighted by molar-refractivity contribution is 0.471. The van der Waals surface area contributed by atoms with E-state index in [4.69, 9.17) is 11.5 Å². The Labute approximate surface area is 176 Å². The molecule has 0 bridgehead atoms. The van der Waals surface area contributed by atoms with Gasteiger partial charge in [-0.05, 0) is 35.7 Å². The van der Waals surface area contributed by atoms with E-state index in [1.54, 1.807) is 0 Å².